The lowest BCUT2D eigenvalue weighted by Crippen LogP contribution is -2.24. The van der Waals surface area contributed by atoms with Gasteiger partial charge in [-0.2, -0.15) is 4.52 Å². The summed E-state index contributed by atoms with van der Waals surface area (Å²) in [4.78, 5) is 0. The van der Waals surface area contributed by atoms with E-state index in [1.54, 1.807) is 0 Å². The van der Waals surface area contributed by atoms with E-state index < -0.39 is 7.94 Å². The predicted octanol–water partition coefficient (Wildman–Crippen LogP) is 6.05. The van der Waals surface area contributed by atoms with Gasteiger partial charge in [-0.3, -0.25) is 9.05 Å². The second kappa shape index (κ2) is 9.38. The second-order valence-corrected chi connectivity index (χ2v) is 7.96. The van der Waals surface area contributed by atoms with Crippen LogP contribution in [-0.2, 0) is 4.52 Å². The van der Waals surface area contributed by atoms with E-state index in [1.165, 1.54) is 0 Å². The van der Waals surface area contributed by atoms with Gasteiger partial charge in [-0.25, -0.2) is 0 Å². The van der Waals surface area contributed by atoms with Crippen molar-refractivity contribution in [1.29, 1.82) is 0 Å². The summed E-state index contributed by atoms with van der Waals surface area (Å²) >= 11 is 0. The molecule has 0 bridgehead atoms. The van der Waals surface area contributed by atoms with Crippen LogP contribution in [0.1, 0.15) is 19.8 Å². The van der Waals surface area contributed by atoms with Crippen molar-refractivity contribution < 1.29 is 13.6 Å². The maximum Gasteiger partial charge on any atom is 0.535 e. The van der Waals surface area contributed by atoms with Crippen LogP contribution >= 0.6 is 7.94 Å². The van der Waals surface area contributed by atoms with E-state index >= 15 is 0 Å². The van der Waals surface area contributed by atoms with E-state index in [1.807, 2.05) is 91.0 Å². The summed E-state index contributed by atoms with van der Waals surface area (Å²) in [5, 5.41) is 0.920. The molecule has 0 unspecified atom stereocenters. The van der Waals surface area contributed by atoms with E-state index in [-0.39, 0.29) is 0 Å². The Bertz CT molecular complexity index is 722. The first-order valence-electron chi connectivity index (χ1n) is 8.91. The van der Waals surface area contributed by atoms with Gasteiger partial charge in [0.05, 0.1) is 6.61 Å². The van der Waals surface area contributed by atoms with Gasteiger partial charge in [0.25, 0.3) is 0 Å². The normalized spacial score (nSPS) is 11.1. The van der Waals surface area contributed by atoms with Gasteiger partial charge in [0, 0.05) is 0 Å². The molecule has 4 heteroatoms. The molecule has 3 aromatic rings. The number of rotatable bonds is 9. The summed E-state index contributed by atoms with van der Waals surface area (Å²) in [6, 6.07) is 29.4. The van der Waals surface area contributed by atoms with Gasteiger partial charge >= 0.3 is 7.94 Å². The SMILES string of the molecule is CCCCO[P+](Oc1ccccc1)(Oc1ccccc1)c1ccccc1. The molecule has 0 aliphatic heterocycles. The maximum absolute atomic E-state index is 6.41. The third-order valence-corrected chi connectivity index (χ3v) is 6.12. The molecule has 0 saturated heterocycles. The van der Waals surface area contributed by atoms with Crippen LogP contribution < -0.4 is 14.4 Å². The fourth-order valence-electron chi connectivity index (χ4n) is 2.43. The Kier molecular flexibility index (Phi) is 6.65. The van der Waals surface area contributed by atoms with Crippen LogP contribution in [0, 0.1) is 0 Å². The van der Waals surface area contributed by atoms with E-state index in [9.17, 15) is 0 Å². The zero-order chi connectivity index (χ0) is 18.1. The minimum atomic E-state index is -2.82. The fraction of sp³-hybridized carbons (Fsp3) is 0.182. The van der Waals surface area contributed by atoms with Crippen molar-refractivity contribution in [2.45, 2.75) is 19.8 Å². The van der Waals surface area contributed by atoms with Gasteiger partial charge in [0.1, 0.15) is 0 Å². The maximum atomic E-state index is 6.41. The molecule has 0 heterocycles. The molecule has 0 atom stereocenters. The van der Waals surface area contributed by atoms with Crippen molar-refractivity contribution in [2.24, 2.45) is 0 Å². The van der Waals surface area contributed by atoms with Crippen LogP contribution in [0.2, 0.25) is 0 Å². The van der Waals surface area contributed by atoms with Crippen LogP contribution in [0.5, 0.6) is 11.5 Å². The predicted molar refractivity (Wildman–Crippen MR) is 108 cm³/mol. The molecule has 0 aliphatic rings. The van der Waals surface area contributed by atoms with Crippen molar-refractivity contribution in [2.75, 3.05) is 6.61 Å². The largest absolute Gasteiger partial charge is 0.535 e. The number of para-hydroxylation sites is 2. The molecule has 0 fully saturated rings. The first-order chi connectivity index (χ1) is 12.8. The van der Waals surface area contributed by atoms with Gasteiger partial charge < -0.3 is 0 Å². The third kappa shape index (κ3) is 4.85. The van der Waals surface area contributed by atoms with Crippen LogP contribution in [-0.4, -0.2) is 6.61 Å². The molecule has 26 heavy (non-hydrogen) atoms. The highest BCUT2D eigenvalue weighted by Gasteiger charge is 2.51. The Morgan fingerprint density at radius 2 is 1.12 bits per heavy atom. The second-order valence-electron chi connectivity index (χ2n) is 5.83. The highest BCUT2D eigenvalue weighted by molar-refractivity contribution is 7.70. The molecule has 0 saturated carbocycles. The monoisotopic (exact) mass is 367 g/mol. The summed E-state index contributed by atoms with van der Waals surface area (Å²) in [5.41, 5.74) is 0. The average molecular weight is 367 g/mol. The Balaban J connectivity index is 2.00. The standard InChI is InChI=1S/C22H24O3P/c1-2-3-19-23-26(22-17-11-6-12-18-22,24-20-13-7-4-8-14-20)25-21-15-9-5-10-16-21/h4-18H,2-3,19H2,1H3/q+1. The van der Waals surface area contributed by atoms with Crippen LogP contribution in [0.25, 0.3) is 0 Å². The summed E-state index contributed by atoms with van der Waals surface area (Å²) in [7, 11) is -2.82. The highest BCUT2D eigenvalue weighted by Crippen LogP contribution is 2.60. The topological polar surface area (TPSA) is 27.7 Å². The van der Waals surface area contributed by atoms with Crippen molar-refractivity contribution in [3.05, 3.63) is 91.0 Å². The molecular formula is C22H24O3P+. The molecule has 0 spiro atoms. The zero-order valence-electron chi connectivity index (χ0n) is 15.0. The molecule has 0 aromatic heterocycles. The van der Waals surface area contributed by atoms with Gasteiger partial charge in [0.15, 0.2) is 11.5 Å². The first-order valence-corrected chi connectivity index (χ1v) is 10.5. The van der Waals surface area contributed by atoms with Crippen LogP contribution in [0.15, 0.2) is 91.0 Å². The highest BCUT2D eigenvalue weighted by atomic mass is 31.2. The van der Waals surface area contributed by atoms with Crippen molar-refractivity contribution in [3.63, 3.8) is 0 Å². The van der Waals surface area contributed by atoms with Crippen molar-refractivity contribution >= 4 is 13.2 Å². The van der Waals surface area contributed by atoms with Crippen LogP contribution in [0.4, 0.5) is 0 Å². The lowest BCUT2D eigenvalue weighted by atomic mass is 10.3. The van der Waals surface area contributed by atoms with Gasteiger partial charge in [-0.1, -0.05) is 67.9 Å². The number of benzene rings is 3. The van der Waals surface area contributed by atoms with Crippen molar-refractivity contribution in [1.82, 2.24) is 0 Å². The molecule has 0 aliphatic carbocycles. The lowest BCUT2D eigenvalue weighted by Gasteiger charge is -2.22. The zero-order valence-corrected chi connectivity index (χ0v) is 15.8. The molecule has 3 rings (SSSR count). The Morgan fingerprint density at radius 3 is 1.58 bits per heavy atom. The molecular weight excluding hydrogens is 343 g/mol. The molecule has 0 N–H and O–H groups in total. The smallest absolute Gasteiger partial charge is 0.274 e. The Morgan fingerprint density at radius 1 is 0.654 bits per heavy atom. The summed E-state index contributed by atoms with van der Waals surface area (Å²) in [5.74, 6) is 1.47. The van der Waals surface area contributed by atoms with E-state index in [4.69, 9.17) is 13.6 Å². The summed E-state index contributed by atoms with van der Waals surface area (Å²) < 4.78 is 19.1. The minimum absolute atomic E-state index is 0.582. The van der Waals surface area contributed by atoms with E-state index in [0.717, 1.165) is 29.6 Å². The van der Waals surface area contributed by atoms with Crippen molar-refractivity contribution in [3.8, 4) is 11.5 Å². The van der Waals surface area contributed by atoms with Gasteiger partial charge in [-0.15, -0.1) is 0 Å². The summed E-state index contributed by atoms with van der Waals surface area (Å²) in [6.45, 7) is 2.72. The quantitative estimate of drug-likeness (QED) is 0.340. The number of hydrogen-bond acceptors (Lipinski definition) is 3. The van der Waals surface area contributed by atoms with Gasteiger partial charge in [-0.05, 0) is 42.8 Å². The Labute approximate surface area is 156 Å². The Hall–Kier alpha value is -2.35. The van der Waals surface area contributed by atoms with Crippen LogP contribution in [0.3, 0.4) is 0 Å². The first kappa shape index (κ1) is 18.4. The minimum Gasteiger partial charge on any atom is -0.274 e. The lowest BCUT2D eigenvalue weighted by molar-refractivity contribution is 0.247. The number of hydrogen-bond donors (Lipinski definition) is 0. The van der Waals surface area contributed by atoms with Gasteiger partial charge in [0.2, 0.25) is 5.30 Å². The average Bonchev–Trinajstić information content (AvgIpc) is 2.70. The number of unbranched alkanes of at least 4 members (excludes halogenated alkanes) is 1. The summed E-state index contributed by atoms with van der Waals surface area (Å²) in [6.07, 6.45) is 2.00. The molecule has 3 nitrogen and oxygen atoms in total. The van der Waals surface area contributed by atoms with E-state index in [2.05, 4.69) is 6.92 Å². The third-order valence-electron chi connectivity index (χ3n) is 3.77. The van der Waals surface area contributed by atoms with E-state index in [0.29, 0.717) is 6.61 Å². The fourth-order valence-corrected chi connectivity index (χ4v) is 4.64. The molecule has 134 valence electrons. The molecule has 3 aromatic carbocycles. The molecule has 0 amide bonds. The molecule has 0 radical (unpaired) electrons.